The van der Waals surface area contributed by atoms with Gasteiger partial charge in [0.15, 0.2) is 0 Å². The average molecular weight is 395 g/mol. The first-order valence-corrected chi connectivity index (χ1v) is 9.98. The quantitative estimate of drug-likeness (QED) is 0.715. The van der Waals surface area contributed by atoms with Crippen molar-refractivity contribution in [1.82, 2.24) is 10.2 Å². The number of fused-ring (bicyclic) bond motifs is 1. The highest BCUT2D eigenvalue weighted by Gasteiger charge is 2.21. The van der Waals surface area contributed by atoms with Gasteiger partial charge in [-0.05, 0) is 38.2 Å². The minimum absolute atomic E-state index is 0.113. The number of para-hydroxylation sites is 1. The SMILES string of the molecule is CC(NC(=O)Cc1coc2ccccc12)c1cc(F)ccc1N1CCN(C)CC1. The van der Waals surface area contributed by atoms with Crippen molar-refractivity contribution in [3.63, 3.8) is 0 Å². The van der Waals surface area contributed by atoms with Crippen LogP contribution < -0.4 is 10.2 Å². The van der Waals surface area contributed by atoms with E-state index in [4.69, 9.17) is 4.42 Å². The van der Waals surface area contributed by atoms with E-state index in [2.05, 4.69) is 22.2 Å². The summed E-state index contributed by atoms with van der Waals surface area (Å²) in [5, 5.41) is 3.97. The Bertz CT molecular complexity index is 1010. The van der Waals surface area contributed by atoms with Crippen LogP contribution in [0.5, 0.6) is 0 Å². The molecule has 1 aliphatic heterocycles. The first-order valence-electron chi connectivity index (χ1n) is 9.98. The minimum atomic E-state index is -0.300. The normalized spacial score (nSPS) is 16.2. The molecule has 1 unspecified atom stereocenters. The van der Waals surface area contributed by atoms with Crippen LogP contribution in [0, 0.1) is 5.82 Å². The average Bonchev–Trinajstić information content (AvgIpc) is 3.11. The number of furan rings is 1. The fourth-order valence-electron chi connectivity index (χ4n) is 3.92. The van der Waals surface area contributed by atoms with Crippen LogP contribution in [0.1, 0.15) is 24.1 Å². The van der Waals surface area contributed by atoms with Crippen LogP contribution >= 0.6 is 0 Å². The van der Waals surface area contributed by atoms with Crippen LogP contribution in [0.15, 0.2) is 53.1 Å². The largest absolute Gasteiger partial charge is 0.464 e. The van der Waals surface area contributed by atoms with Crippen LogP contribution in [0.4, 0.5) is 10.1 Å². The Labute approximate surface area is 170 Å². The van der Waals surface area contributed by atoms with Gasteiger partial charge in [0.25, 0.3) is 0 Å². The molecular weight excluding hydrogens is 369 g/mol. The van der Waals surface area contributed by atoms with Gasteiger partial charge in [0, 0.05) is 48.4 Å². The molecule has 1 atom stereocenters. The molecule has 0 radical (unpaired) electrons. The Morgan fingerprint density at radius 2 is 1.93 bits per heavy atom. The Morgan fingerprint density at radius 3 is 2.72 bits per heavy atom. The van der Waals surface area contributed by atoms with Gasteiger partial charge in [-0.3, -0.25) is 4.79 Å². The molecule has 4 rings (SSSR count). The summed E-state index contributed by atoms with van der Waals surface area (Å²) in [5.41, 5.74) is 3.41. The number of piperazine rings is 1. The van der Waals surface area contributed by atoms with Gasteiger partial charge >= 0.3 is 0 Å². The number of hydrogen-bond acceptors (Lipinski definition) is 4. The summed E-state index contributed by atoms with van der Waals surface area (Å²) in [5.74, 6) is -0.405. The zero-order chi connectivity index (χ0) is 20.4. The van der Waals surface area contributed by atoms with Crippen LogP contribution in [-0.2, 0) is 11.2 Å². The summed E-state index contributed by atoms with van der Waals surface area (Å²) < 4.78 is 19.5. The number of carbonyl (C=O) groups is 1. The summed E-state index contributed by atoms with van der Waals surface area (Å²) in [6.45, 7) is 5.60. The van der Waals surface area contributed by atoms with Crippen molar-refractivity contribution in [2.24, 2.45) is 0 Å². The van der Waals surface area contributed by atoms with Crippen molar-refractivity contribution in [2.45, 2.75) is 19.4 Å². The number of hydrogen-bond donors (Lipinski definition) is 1. The second kappa shape index (κ2) is 8.25. The van der Waals surface area contributed by atoms with E-state index in [0.29, 0.717) is 0 Å². The van der Waals surface area contributed by atoms with Gasteiger partial charge in [-0.1, -0.05) is 18.2 Å². The third-order valence-corrected chi connectivity index (χ3v) is 5.59. The second-order valence-corrected chi connectivity index (χ2v) is 7.72. The summed E-state index contributed by atoms with van der Waals surface area (Å²) in [6, 6.07) is 12.2. The number of amides is 1. The standard InChI is InChI=1S/C23H26FN3O2/c1-16(25-23(28)13-17-15-29-22-6-4-3-5-19(17)22)20-14-18(24)7-8-21(20)27-11-9-26(2)10-12-27/h3-8,14-16H,9-13H2,1-2H3,(H,25,28). The molecule has 0 aliphatic carbocycles. The van der Waals surface area contributed by atoms with Gasteiger partial charge in [-0.15, -0.1) is 0 Å². The number of benzene rings is 2. The smallest absolute Gasteiger partial charge is 0.225 e. The molecule has 5 nitrogen and oxygen atoms in total. The molecular formula is C23H26FN3O2. The monoisotopic (exact) mass is 395 g/mol. The number of carbonyl (C=O) groups excluding carboxylic acids is 1. The maximum Gasteiger partial charge on any atom is 0.225 e. The molecule has 2 heterocycles. The lowest BCUT2D eigenvalue weighted by Crippen LogP contribution is -2.45. The van der Waals surface area contributed by atoms with E-state index in [-0.39, 0.29) is 24.2 Å². The molecule has 1 fully saturated rings. The Hall–Kier alpha value is -2.86. The van der Waals surface area contributed by atoms with Crippen molar-refractivity contribution in [3.05, 3.63) is 65.7 Å². The number of nitrogens with zero attached hydrogens (tertiary/aromatic N) is 2. The highest BCUT2D eigenvalue weighted by molar-refractivity contribution is 5.87. The van der Waals surface area contributed by atoms with Crippen molar-refractivity contribution in [2.75, 3.05) is 38.1 Å². The molecule has 2 aromatic carbocycles. The maximum atomic E-state index is 14.0. The number of anilines is 1. The second-order valence-electron chi connectivity index (χ2n) is 7.72. The molecule has 1 amide bonds. The van der Waals surface area contributed by atoms with E-state index < -0.39 is 0 Å². The molecule has 0 saturated carbocycles. The van der Waals surface area contributed by atoms with E-state index >= 15 is 0 Å². The summed E-state index contributed by atoms with van der Waals surface area (Å²) in [6.07, 6.45) is 1.85. The fourth-order valence-corrected chi connectivity index (χ4v) is 3.92. The van der Waals surface area contributed by atoms with Gasteiger partial charge in [-0.2, -0.15) is 0 Å². The van der Waals surface area contributed by atoms with Crippen LogP contribution in [-0.4, -0.2) is 44.0 Å². The van der Waals surface area contributed by atoms with E-state index in [1.54, 1.807) is 6.26 Å². The lowest BCUT2D eigenvalue weighted by molar-refractivity contribution is -0.121. The molecule has 29 heavy (non-hydrogen) atoms. The van der Waals surface area contributed by atoms with E-state index in [1.807, 2.05) is 37.3 Å². The van der Waals surface area contributed by atoms with Gasteiger partial charge < -0.3 is 19.5 Å². The predicted octanol–water partition coefficient (Wildman–Crippen LogP) is 3.74. The fraction of sp³-hybridized carbons (Fsp3) is 0.348. The van der Waals surface area contributed by atoms with Crippen molar-refractivity contribution < 1.29 is 13.6 Å². The van der Waals surface area contributed by atoms with Gasteiger partial charge in [0.1, 0.15) is 11.4 Å². The third-order valence-electron chi connectivity index (χ3n) is 5.59. The molecule has 0 bridgehead atoms. The number of likely N-dealkylation sites (N-methyl/N-ethyl adjacent to an activating group) is 1. The zero-order valence-electron chi connectivity index (χ0n) is 16.8. The molecule has 3 aromatic rings. The van der Waals surface area contributed by atoms with E-state index in [0.717, 1.165) is 54.0 Å². The van der Waals surface area contributed by atoms with Gasteiger partial charge in [-0.25, -0.2) is 4.39 Å². The number of halogens is 1. The maximum absolute atomic E-state index is 14.0. The van der Waals surface area contributed by atoms with Crippen LogP contribution in [0.25, 0.3) is 11.0 Å². The minimum Gasteiger partial charge on any atom is -0.464 e. The highest BCUT2D eigenvalue weighted by Crippen LogP contribution is 2.29. The van der Waals surface area contributed by atoms with E-state index in [9.17, 15) is 9.18 Å². The molecule has 1 N–H and O–H groups in total. The summed E-state index contributed by atoms with van der Waals surface area (Å²) in [7, 11) is 2.10. The van der Waals surface area contributed by atoms with Crippen LogP contribution in [0.2, 0.25) is 0 Å². The number of rotatable bonds is 5. The van der Waals surface area contributed by atoms with Crippen molar-refractivity contribution in [1.29, 1.82) is 0 Å². The topological polar surface area (TPSA) is 48.7 Å². The predicted molar refractivity (Wildman–Crippen MR) is 113 cm³/mol. The summed E-state index contributed by atoms with van der Waals surface area (Å²) >= 11 is 0. The molecule has 1 saturated heterocycles. The highest BCUT2D eigenvalue weighted by atomic mass is 19.1. The molecule has 1 aliphatic rings. The molecule has 6 heteroatoms. The summed E-state index contributed by atoms with van der Waals surface area (Å²) in [4.78, 5) is 17.2. The Balaban J connectivity index is 1.49. The molecule has 0 spiro atoms. The molecule has 152 valence electrons. The lowest BCUT2D eigenvalue weighted by Gasteiger charge is -2.36. The molecule has 1 aromatic heterocycles. The first kappa shape index (κ1) is 19.5. The van der Waals surface area contributed by atoms with E-state index in [1.165, 1.54) is 12.1 Å². The van der Waals surface area contributed by atoms with Crippen molar-refractivity contribution >= 4 is 22.6 Å². The Kier molecular flexibility index (Phi) is 5.53. The van der Waals surface area contributed by atoms with Crippen LogP contribution in [0.3, 0.4) is 0 Å². The zero-order valence-corrected chi connectivity index (χ0v) is 16.8. The Morgan fingerprint density at radius 1 is 1.17 bits per heavy atom. The van der Waals surface area contributed by atoms with Gasteiger partial charge in [0.2, 0.25) is 5.91 Å². The first-order chi connectivity index (χ1) is 14.0. The number of nitrogens with one attached hydrogen (secondary N) is 1. The van der Waals surface area contributed by atoms with Gasteiger partial charge in [0.05, 0.1) is 18.7 Å². The lowest BCUT2D eigenvalue weighted by atomic mass is 10.0. The van der Waals surface area contributed by atoms with Crippen molar-refractivity contribution in [3.8, 4) is 0 Å². The third kappa shape index (κ3) is 4.27.